The molecule has 48 heavy (non-hydrogen) atoms. The zero-order valence-corrected chi connectivity index (χ0v) is 27.2. The molecule has 0 aliphatic carbocycles. The van der Waals surface area contributed by atoms with Gasteiger partial charge in [-0.1, -0.05) is 36.4 Å². The summed E-state index contributed by atoms with van der Waals surface area (Å²) >= 11 is 0. The highest BCUT2D eigenvalue weighted by Gasteiger charge is 2.44. The van der Waals surface area contributed by atoms with Gasteiger partial charge in [0.2, 0.25) is 0 Å². The fourth-order valence-corrected chi connectivity index (χ4v) is 5.55. The molecular formula is C34H40F8N4O2. The maximum absolute atomic E-state index is 14.8. The lowest BCUT2D eigenvalue weighted by atomic mass is 9.86. The van der Waals surface area contributed by atoms with E-state index in [9.17, 15) is 39.9 Å². The molecule has 1 heterocycles. The van der Waals surface area contributed by atoms with E-state index in [-0.39, 0.29) is 17.4 Å². The van der Waals surface area contributed by atoms with Crippen LogP contribution in [0.1, 0.15) is 85.2 Å². The summed E-state index contributed by atoms with van der Waals surface area (Å²) in [5.41, 5.74) is 6.04. The maximum Gasteiger partial charge on any atom is 0.417 e. The summed E-state index contributed by atoms with van der Waals surface area (Å²) in [6, 6.07) is 10.6. The molecule has 1 amide bonds. The lowest BCUT2D eigenvalue weighted by Gasteiger charge is -2.42. The van der Waals surface area contributed by atoms with E-state index in [1.807, 2.05) is 4.90 Å². The van der Waals surface area contributed by atoms with Crippen molar-refractivity contribution in [1.29, 1.82) is 0 Å². The van der Waals surface area contributed by atoms with E-state index >= 15 is 0 Å². The molecule has 3 aromatic rings. The Morgan fingerprint density at radius 1 is 0.833 bits per heavy atom. The normalized spacial score (nSPS) is 15.7. The summed E-state index contributed by atoms with van der Waals surface area (Å²) in [6.45, 7) is 8.28. The molecule has 5 N–H and O–H groups in total. The smallest absolute Gasteiger partial charge is 0.417 e. The molecule has 6 nitrogen and oxygen atoms in total. The first-order chi connectivity index (χ1) is 22.1. The Labute approximate surface area is 274 Å². The van der Waals surface area contributed by atoms with E-state index in [0.717, 1.165) is 26.0 Å². The van der Waals surface area contributed by atoms with Crippen LogP contribution in [0, 0.1) is 11.6 Å². The van der Waals surface area contributed by atoms with E-state index in [2.05, 4.69) is 5.32 Å². The van der Waals surface area contributed by atoms with Gasteiger partial charge < -0.3 is 21.5 Å². The first-order valence-electron chi connectivity index (χ1n) is 15.1. The third-order valence-electron chi connectivity index (χ3n) is 8.34. The molecule has 1 fully saturated rings. The monoisotopic (exact) mass is 688 g/mol. The van der Waals surface area contributed by atoms with Crippen molar-refractivity contribution in [1.82, 2.24) is 10.2 Å². The van der Waals surface area contributed by atoms with Gasteiger partial charge in [-0.05, 0) is 77.9 Å². The molecule has 2 atom stereocenters. The van der Waals surface area contributed by atoms with Gasteiger partial charge in [0.25, 0.3) is 5.91 Å². The minimum atomic E-state index is -5.29. The van der Waals surface area contributed by atoms with Gasteiger partial charge in [-0.25, -0.2) is 8.78 Å². The standard InChI is InChI=1S/C24H25F7N2O2.C10H15FN2/c1-22(2,33-10-6-7-11-33)20(15-8-4-5-9-17(15)25)32-21(34)19-16(24(29,30)31)12-14(23(26,27)28)13-18(19)35-3;1-10(2,13)9(12)7-5-3-4-6-8(7)11/h4-5,8-9,12-13,20H,6-7,10-11H2,1-3H3,(H,32,34);3-6,9H,12-13H2,1-2H3. The first-order valence-corrected chi connectivity index (χ1v) is 15.1. The number of alkyl halides is 6. The number of hydrogen-bond donors (Lipinski definition) is 3. The van der Waals surface area contributed by atoms with Crippen LogP contribution in [0.25, 0.3) is 0 Å². The lowest BCUT2D eigenvalue weighted by Crippen LogP contribution is -2.53. The minimum Gasteiger partial charge on any atom is -0.496 e. The number of benzene rings is 3. The van der Waals surface area contributed by atoms with Crippen LogP contribution in [0.5, 0.6) is 5.75 Å². The molecule has 2 unspecified atom stereocenters. The maximum atomic E-state index is 14.8. The van der Waals surface area contributed by atoms with Crippen LogP contribution in [0.2, 0.25) is 0 Å². The fraction of sp³-hybridized carbons (Fsp3) is 0.441. The Hall–Kier alpha value is -3.75. The summed E-state index contributed by atoms with van der Waals surface area (Å²) in [5.74, 6) is -3.20. The van der Waals surface area contributed by atoms with Crippen molar-refractivity contribution < 1.29 is 44.7 Å². The van der Waals surface area contributed by atoms with E-state index in [1.165, 1.54) is 24.3 Å². The number of nitrogens with zero attached hydrogens (tertiary/aromatic N) is 1. The SMILES string of the molecule is CC(C)(N)C(N)c1ccccc1F.COc1cc(C(F)(F)F)cc(C(F)(F)F)c1C(=O)NC(c1ccccc1F)C(C)(C)N1CCCC1. The highest BCUT2D eigenvalue weighted by atomic mass is 19.4. The number of nitrogens with one attached hydrogen (secondary N) is 1. The number of methoxy groups -OCH3 is 1. The van der Waals surface area contributed by atoms with E-state index in [1.54, 1.807) is 45.9 Å². The van der Waals surface area contributed by atoms with Crippen LogP contribution in [-0.2, 0) is 12.4 Å². The van der Waals surface area contributed by atoms with Crippen LogP contribution in [0.4, 0.5) is 35.1 Å². The molecule has 264 valence electrons. The van der Waals surface area contributed by atoms with E-state index in [0.29, 0.717) is 24.7 Å². The summed E-state index contributed by atoms with van der Waals surface area (Å²) in [5, 5.41) is 2.47. The number of likely N-dealkylation sites (tertiary alicyclic amines) is 1. The predicted octanol–water partition coefficient (Wildman–Crippen LogP) is 7.78. The molecule has 0 radical (unpaired) electrons. The lowest BCUT2D eigenvalue weighted by molar-refractivity contribution is -0.143. The molecule has 0 spiro atoms. The average Bonchev–Trinajstić information content (AvgIpc) is 3.55. The molecule has 3 aromatic carbocycles. The van der Waals surface area contributed by atoms with Gasteiger partial charge in [0.05, 0.1) is 35.9 Å². The zero-order valence-electron chi connectivity index (χ0n) is 27.2. The summed E-state index contributed by atoms with van der Waals surface area (Å²) in [7, 11) is 0.870. The summed E-state index contributed by atoms with van der Waals surface area (Å²) in [4.78, 5) is 15.3. The van der Waals surface area contributed by atoms with Crippen LogP contribution >= 0.6 is 0 Å². The Bertz CT molecular complexity index is 1560. The van der Waals surface area contributed by atoms with E-state index < -0.39 is 69.7 Å². The number of halogens is 8. The second kappa shape index (κ2) is 14.8. The van der Waals surface area contributed by atoms with Gasteiger partial charge in [-0.2, -0.15) is 26.3 Å². The molecule has 14 heteroatoms. The first kappa shape index (κ1) is 38.7. The number of rotatable bonds is 8. The van der Waals surface area contributed by atoms with Crippen LogP contribution in [0.3, 0.4) is 0 Å². The Kier molecular flexibility index (Phi) is 11.9. The Balaban J connectivity index is 0.000000402. The van der Waals surface area contributed by atoms with Crippen molar-refractivity contribution in [3.8, 4) is 5.75 Å². The van der Waals surface area contributed by atoms with Gasteiger partial charge in [-0.15, -0.1) is 0 Å². The van der Waals surface area contributed by atoms with Crippen molar-refractivity contribution >= 4 is 5.91 Å². The van der Waals surface area contributed by atoms with Crippen LogP contribution in [-0.4, -0.2) is 42.1 Å². The molecule has 1 aliphatic rings. The quantitative estimate of drug-likeness (QED) is 0.210. The van der Waals surface area contributed by atoms with Crippen molar-refractivity contribution in [2.45, 2.75) is 76.1 Å². The van der Waals surface area contributed by atoms with Crippen molar-refractivity contribution in [2.24, 2.45) is 11.5 Å². The molecular weight excluding hydrogens is 648 g/mol. The number of nitrogens with two attached hydrogens (primary N) is 2. The van der Waals surface area contributed by atoms with Gasteiger partial charge in [0.15, 0.2) is 0 Å². The van der Waals surface area contributed by atoms with Gasteiger partial charge >= 0.3 is 12.4 Å². The number of carbonyl (C=O) groups is 1. The van der Waals surface area contributed by atoms with Crippen molar-refractivity contribution in [2.75, 3.05) is 20.2 Å². The highest BCUT2D eigenvalue weighted by Crippen LogP contribution is 2.42. The third-order valence-corrected chi connectivity index (χ3v) is 8.34. The number of ether oxygens (including phenoxy) is 1. The van der Waals surface area contributed by atoms with Crippen molar-refractivity contribution in [3.05, 3.63) is 100 Å². The topological polar surface area (TPSA) is 93.6 Å². The number of amides is 1. The second-order valence-corrected chi connectivity index (χ2v) is 12.7. The van der Waals surface area contributed by atoms with E-state index in [4.69, 9.17) is 16.2 Å². The van der Waals surface area contributed by atoms with Crippen LogP contribution in [0.15, 0.2) is 60.7 Å². The molecule has 4 rings (SSSR count). The predicted molar refractivity (Wildman–Crippen MR) is 166 cm³/mol. The molecule has 0 saturated carbocycles. The fourth-order valence-electron chi connectivity index (χ4n) is 5.55. The number of hydrogen-bond acceptors (Lipinski definition) is 5. The second-order valence-electron chi connectivity index (χ2n) is 12.7. The summed E-state index contributed by atoms with van der Waals surface area (Å²) in [6.07, 6.45) is -8.69. The molecule has 1 aliphatic heterocycles. The summed E-state index contributed by atoms with van der Waals surface area (Å²) < 4.78 is 114. The minimum absolute atomic E-state index is 0.0391. The van der Waals surface area contributed by atoms with Crippen LogP contribution < -0.4 is 21.5 Å². The van der Waals surface area contributed by atoms with Gasteiger partial charge in [0, 0.05) is 22.2 Å². The van der Waals surface area contributed by atoms with Crippen molar-refractivity contribution in [3.63, 3.8) is 0 Å². The zero-order chi connectivity index (χ0) is 36.2. The largest absolute Gasteiger partial charge is 0.496 e. The highest BCUT2D eigenvalue weighted by molar-refractivity contribution is 5.99. The third kappa shape index (κ3) is 9.03. The molecule has 0 aromatic heterocycles. The average molecular weight is 689 g/mol. The molecule has 0 bridgehead atoms. The Morgan fingerprint density at radius 2 is 1.33 bits per heavy atom. The number of carbonyl (C=O) groups excluding carboxylic acids is 1. The molecule has 1 saturated heterocycles. The van der Waals surface area contributed by atoms with Gasteiger partial charge in [0.1, 0.15) is 17.4 Å². The Morgan fingerprint density at radius 3 is 1.77 bits per heavy atom. The van der Waals surface area contributed by atoms with Gasteiger partial charge in [-0.3, -0.25) is 9.69 Å².